The minimum absolute atomic E-state index is 0. The second-order valence-corrected chi connectivity index (χ2v) is 6.03. The van der Waals surface area contributed by atoms with Crippen molar-refractivity contribution in [1.82, 2.24) is 10.6 Å². The molecular formula is C14H25ClN2O2. The second-order valence-electron chi connectivity index (χ2n) is 6.03. The summed E-state index contributed by atoms with van der Waals surface area (Å²) in [5.74, 6) is 1.72. The van der Waals surface area contributed by atoms with Crippen molar-refractivity contribution >= 4 is 18.3 Å². The third kappa shape index (κ3) is 4.62. The van der Waals surface area contributed by atoms with Gasteiger partial charge in [-0.05, 0) is 50.4 Å². The lowest BCUT2D eigenvalue weighted by Crippen LogP contribution is -2.43. The lowest BCUT2D eigenvalue weighted by Gasteiger charge is -2.18. The molecule has 3 fully saturated rings. The quantitative estimate of drug-likeness (QED) is 0.746. The Morgan fingerprint density at radius 3 is 2.37 bits per heavy atom. The molecule has 2 saturated carbocycles. The number of ether oxygens (including phenoxy) is 1. The first-order chi connectivity index (χ1) is 8.83. The summed E-state index contributed by atoms with van der Waals surface area (Å²) >= 11 is 0. The van der Waals surface area contributed by atoms with Crippen molar-refractivity contribution in [3.05, 3.63) is 0 Å². The van der Waals surface area contributed by atoms with Crippen LogP contribution in [-0.4, -0.2) is 37.7 Å². The first kappa shape index (κ1) is 15.1. The van der Waals surface area contributed by atoms with Gasteiger partial charge >= 0.3 is 0 Å². The Labute approximate surface area is 121 Å². The van der Waals surface area contributed by atoms with E-state index >= 15 is 0 Å². The highest BCUT2D eigenvalue weighted by Gasteiger charge is 2.42. The minimum atomic E-state index is 0. The molecule has 1 heterocycles. The van der Waals surface area contributed by atoms with Gasteiger partial charge in [0, 0.05) is 19.2 Å². The summed E-state index contributed by atoms with van der Waals surface area (Å²) < 4.78 is 5.52. The van der Waals surface area contributed by atoms with E-state index in [1.165, 1.54) is 25.7 Å². The molecule has 2 aliphatic carbocycles. The average molecular weight is 289 g/mol. The molecule has 1 amide bonds. The second kappa shape index (κ2) is 6.91. The maximum Gasteiger partial charge on any atom is 0.234 e. The normalized spacial score (nSPS) is 26.3. The predicted octanol–water partition coefficient (Wildman–Crippen LogP) is 1.48. The summed E-state index contributed by atoms with van der Waals surface area (Å²) in [6.45, 7) is 2.13. The van der Waals surface area contributed by atoms with Crippen LogP contribution >= 0.6 is 12.4 Å². The van der Waals surface area contributed by atoms with Crippen LogP contribution in [0.4, 0.5) is 0 Å². The van der Waals surface area contributed by atoms with E-state index in [2.05, 4.69) is 10.6 Å². The van der Waals surface area contributed by atoms with E-state index < -0.39 is 0 Å². The number of nitrogens with one attached hydrogen (secondary N) is 2. The number of hydrogen-bond acceptors (Lipinski definition) is 3. The lowest BCUT2D eigenvalue weighted by molar-refractivity contribution is -0.121. The lowest BCUT2D eigenvalue weighted by atomic mass is 10.1. The monoisotopic (exact) mass is 288 g/mol. The summed E-state index contributed by atoms with van der Waals surface area (Å²) in [4.78, 5) is 11.9. The van der Waals surface area contributed by atoms with Gasteiger partial charge in [0.25, 0.3) is 0 Å². The van der Waals surface area contributed by atoms with Gasteiger partial charge in [-0.2, -0.15) is 0 Å². The maximum atomic E-state index is 11.9. The third-order valence-electron chi connectivity index (χ3n) is 4.27. The SMILES string of the molecule is Cl.O=C(CNCC1CCCO1)NC(C1CC1)C1CC1. The summed E-state index contributed by atoms with van der Waals surface area (Å²) in [6, 6.07) is 0.474. The van der Waals surface area contributed by atoms with E-state index in [0.717, 1.165) is 37.8 Å². The highest BCUT2D eigenvalue weighted by atomic mass is 35.5. The summed E-state index contributed by atoms with van der Waals surface area (Å²) in [5, 5.41) is 6.44. The first-order valence-corrected chi connectivity index (χ1v) is 7.44. The molecule has 110 valence electrons. The highest BCUT2D eigenvalue weighted by molar-refractivity contribution is 5.85. The number of carbonyl (C=O) groups is 1. The molecule has 0 aromatic carbocycles. The molecule has 2 N–H and O–H groups in total. The van der Waals surface area contributed by atoms with E-state index in [1.54, 1.807) is 0 Å². The molecule has 0 bridgehead atoms. The van der Waals surface area contributed by atoms with Gasteiger partial charge in [-0.25, -0.2) is 0 Å². The number of amides is 1. The van der Waals surface area contributed by atoms with Crippen LogP contribution in [0.2, 0.25) is 0 Å². The summed E-state index contributed by atoms with van der Waals surface area (Å²) in [6.07, 6.45) is 7.84. The van der Waals surface area contributed by atoms with Gasteiger partial charge in [0.05, 0.1) is 12.6 Å². The van der Waals surface area contributed by atoms with Crippen LogP contribution in [0.15, 0.2) is 0 Å². The van der Waals surface area contributed by atoms with Crippen LogP contribution in [0.25, 0.3) is 0 Å². The molecule has 4 nitrogen and oxygen atoms in total. The smallest absolute Gasteiger partial charge is 0.234 e. The van der Waals surface area contributed by atoms with E-state index in [-0.39, 0.29) is 18.3 Å². The van der Waals surface area contributed by atoms with Crippen molar-refractivity contribution in [3.8, 4) is 0 Å². The standard InChI is InChI=1S/C14H24N2O2.ClH/c17-13(9-15-8-12-2-1-7-18-12)16-14(10-3-4-10)11-5-6-11;/h10-12,14-15H,1-9H2,(H,16,17);1H. The van der Waals surface area contributed by atoms with E-state index in [4.69, 9.17) is 4.74 Å². The van der Waals surface area contributed by atoms with Gasteiger partial charge in [0.15, 0.2) is 0 Å². The van der Waals surface area contributed by atoms with E-state index in [1.807, 2.05) is 0 Å². The molecule has 0 spiro atoms. The van der Waals surface area contributed by atoms with Gasteiger partial charge < -0.3 is 15.4 Å². The predicted molar refractivity (Wildman–Crippen MR) is 76.5 cm³/mol. The molecule has 19 heavy (non-hydrogen) atoms. The molecule has 1 unspecified atom stereocenters. The first-order valence-electron chi connectivity index (χ1n) is 7.44. The number of hydrogen-bond donors (Lipinski definition) is 2. The Hall–Kier alpha value is -0.320. The molecular weight excluding hydrogens is 264 g/mol. The Kier molecular flexibility index (Phi) is 5.48. The van der Waals surface area contributed by atoms with Crippen LogP contribution in [0.3, 0.4) is 0 Å². The number of rotatable bonds is 7. The summed E-state index contributed by atoms with van der Waals surface area (Å²) in [7, 11) is 0. The largest absolute Gasteiger partial charge is 0.377 e. The van der Waals surface area contributed by atoms with Crippen molar-refractivity contribution in [3.63, 3.8) is 0 Å². The van der Waals surface area contributed by atoms with Crippen LogP contribution in [0, 0.1) is 11.8 Å². The molecule has 5 heteroatoms. The van der Waals surface area contributed by atoms with Crippen molar-refractivity contribution in [2.75, 3.05) is 19.7 Å². The van der Waals surface area contributed by atoms with E-state index in [0.29, 0.717) is 18.7 Å². The average Bonchev–Trinajstić information content (AvgIpc) is 3.27. The van der Waals surface area contributed by atoms with Gasteiger partial charge in [0.2, 0.25) is 5.91 Å². The fraction of sp³-hybridized carbons (Fsp3) is 0.929. The van der Waals surface area contributed by atoms with Crippen LogP contribution in [0.1, 0.15) is 38.5 Å². The number of halogens is 1. The zero-order valence-electron chi connectivity index (χ0n) is 11.4. The Morgan fingerprint density at radius 1 is 1.16 bits per heavy atom. The van der Waals surface area contributed by atoms with Crippen molar-refractivity contribution in [2.45, 2.75) is 50.7 Å². The molecule has 1 aliphatic heterocycles. The molecule has 0 aromatic rings. The molecule has 0 aromatic heterocycles. The fourth-order valence-electron chi connectivity index (χ4n) is 2.92. The minimum Gasteiger partial charge on any atom is -0.377 e. The van der Waals surface area contributed by atoms with Crippen LogP contribution < -0.4 is 10.6 Å². The summed E-state index contributed by atoms with van der Waals surface area (Å²) in [5.41, 5.74) is 0. The number of carbonyl (C=O) groups excluding carboxylic acids is 1. The molecule has 3 rings (SSSR count). The Bertz CT molecular complexity index is 288. The maximum absolute atomic E-state index is 11.9. The molecule has 1 saturated heterocycles. The van der Waals surface area contributed by atoms with Crippen LogP contribution in [0.5, 0.6) is 0 Å². The molecule has 3 aliphatic rings. The topological polar surface area (TPSA) is 50.4 Å². The van der Waals surface area contributed by atoms with Gasteiger partial charge in [-0.3, -0.25) is 4.79 Å². The highest BCUT2D eigenvalue weighted by Crippen LogP contribution is 2.44. The van der Waals surface area contributed by atoms with Gasteiger partial charge in [-0.15, -0.1) is 12.4 Å². The molecule has 1 atom stereocenters. The van der Waals surface area contributed by atoms with Crippen LogP contribution in [-0.2, 0) is 9.53 Å². The van der Waals surface area contributed by atoms with Gasteiger partial charge in [0.1, 0.15) is 0 Å². The Balaban J connectivity index is 0.00000133. The van der Waals surface area contributed by atoms with E-state index in [9.17, 15) is 4.79 Å². The Morgan fingerprint density at radius 2 is 1.84 bits per heavy atom. The zero-order valence-corrected chi connectivity index (χ0v) is 12.2. The van der Waals surface area contributed by atoms with Crippen molar-refractivity contribution in [2.24, 2.45) is 11.8 Å². The van der Waals surface area contributed by atoms with Crippen molar-refractivity contribution in [1.29, 1.82) is 0 Å². The molecule has 0 radical (unpaired) electrons. The fourth-order valence-corrected chi connectivity index (χ4v) is 2.92. The van der Waals surface area contributed by atoms with Crippen molar-refractivity contribution < 1.29 is 9.53 Å². The zero-order chi connectivity index (χ0) is 12.4. The van der Waals surface area contributed by atoms with Gasteiger partial charge in [-0.1, -0.05) is 0 Å². The third-order valence-corrected chi connectivity index (χ3v) is 4.27.